The molecule has 2 aromatic rings. The van der Waals surface area contributed by atoms with Gasteiger partial charge in [0.1, 0.15) is 0 Å². The quantitative estimate of drug-likeness (QED) is 0.439. The normalized spacial score (nSPS) is 11.1. The van der Waals surface area contributed by atoms with Crippen molar-refractivity contribution in [2.45, 2.75) is 4.90 Å². The largest absolute Gasteiger partial charge is 0.465 e. The third kappa shape index (κ3) is 4.50. The van der Waals surface area contributed by atoms with Crippen LogP contribution in [0.25, 0.3) is 0 Å². The van der Waals surface area contributed by atoms with Gasteiger partial charge in [0.15, 0.2) is 0 Å². The molecule has 0 heterocycles. The zero-order valence-electron chi connectivity index (χ0n) is 15.2. The highest BCUT2D eigenvalue weighted by Gasteiger charge is 2.20. The number of carbonyl (C=O) groups excluding carboxylic acids is 2. The molecule has 0 aliphatic carbocycles. The first-order chi connectivity index (χ1) is 13.1. The fraction of sp³-hybridized carbons (Fsp3) is 0.176. The van der Waals surface area contributed by atoms with Gasteiger partial charge in [-0.3, -0.25) is 14.9 Å². The maximum atomic E-state index is 12.5. The van der Waals surface area contributed by atoms with Crippen LogP contribution in [0.1, 0.15) is 20.7 Å². The number of methoxy groups -OCH3 is 1. The number of nitro groups is 1. The molecule has 0 saturated carbocycles. The van der Waals surface area contributed by atoms with Gasteiger partial charge in [-0.1, -0.05) is 6.07 Å². The maximum Gasteiger partial charge on any atom is 0.338 e. The van der Waals surface area contributed by atoms with Crippen molar-refractivity contribution in [3.8, 4) is 0 Å². The molecule has 0 saturated heterocycles. The molecule has 0 bridgehead atoms. The summed E-state index contributed by atoms with van der Waals surface area (Å²) in [5.41, 5.74) is -0.614. The predicted octanol–water partition coefficient (Wildman–Crippen LogP) is 1.88. The fourth-order valence-electron chi connectivity index (χ4n) is 2.23. The molecular formula is C17H17N3O7S. The van der Waals surface area contributed by atoms with E-state index in [1.807, 2.05) is 0 Å². The number of rotatable bonds is 6. The summed E-state index contributed by atoms with van der Waals surface area (Å²) in [6.45, 7) is 0. The van der Waals surface area contributed by atoms with Gasteiger partial charge in [-0.05, 0) is 24.3 Å². The number of nitro benzene ring substituents is 1. The average molecular weight is 407 g/mol. The van der Waals surface area contributed by atoms with E-state index in [1.165, 1.54) is 38.4 Å². The highest BCUT2D eigenvalue weighted by atomic mass is 32.2. The number of benzene rings is 2. The molecule has 0 radical (unpaired) electrons. The van der Waals surface area contributed by atoms with Crippen LogP contribution in [0, 0.1) is 10.1 Å². The molecule has 0 aliphatic rings. The summed E-state index contributed by atoms with van der Waals surface area (Å²) < 4.78 is 30.0. The van der Waals surface area contributed by atoms with E-state index >= 15 is 0 Å². The van der Waals surface area contributed by atoms with E-state index < -0.39 is 32.5 Å². The van der Waals surface area contributed by atoms with Gasteiger partial charge in [-0.2, -0.15) is 0 Å². The van der Waals surface area contributed by atoms with E-state index in [1.54, 1.807) is 0 Å². The Morgan fingerprint density at radius 1 is 1.11 bits per heavy atom. The number of non-ortho nitro benzene ring substituents is 1. The second-order valence-electron chi connectivity index (χ2n) is 5.79. The number of amides is 1. The van der Waals surface area contributed by atoms with Gasteiger partial charge >= 0.3 is 5.97 Å². The highest BCUT2D eigenvalue weighted by molar-refractivity contribution is 7.89. The summed E-state index contributed by atoms with van der Waals surface area (Å²) in [6, 6.07) is 8.67. The Kier molecular flexibility index (Phi) is 6.11. The first kappa shape index (κ1) is 21.0. The Hall–Kier alpha value is -3.31. The van der Waals surface area contributed by atoms with E-state index in [9.17, 15) is 28.1 Å². The molecule has 0 atom stereocenters. The number of sulfonamides is 1. The zero-order chi connectivity index (χ0) is 21.1. The molecule has 0 spiro atoms. The summed E-state index contributed by atoms with van der Waals surface area (Å²) in [4.78, 5) is 34.5. The van der Waals surface area contributed by atoms with E-state index in [4.69, 9.17) is 0 Å². The molecule has 2 aromatic carbocycles. The van der Waals surface area contributed by atoms with Crippen LogP contribution in [0.2, 0.25) is 0 Å². The van der Waals surface area contributed by atoms with Gasteiger partial charge in [0.05, 0.1) is 22.5 Å². The summed E-state index contributed by atoms with van der Waals surface area (Å²) in [5, 5.41) is 13.5. The molecule has 11 heteroatoms. The van der Waals surface area contributed by atoms with Crippen molar-refractivity contribution in [1.82, 2.24) is 4.31 Å². The molecule has 1 N–H and O–H groups in total. The van der Waals surface area contributed by atoms with Crippen LogP contribution in [0.3, 0.4) is 0 Å². The zero-order valence-corrected chi connectivity index (χ0v) is 16.0. The SMILES string of the molecule is COC(=O)c1cc(C(=O)Nc2cccc(S(=O)(=O)N(C)C)c2)cc([N+](=O)[O-])c1. The Morgan fingerprint density at radius 3 is 2.32 bits per heavy atom. The number of hydrogen-bond donors (Lipinski definition) is 1. The van der Waals surface area contributed by atoms with Gasteiger partial charge in [0.25, 0.3) is 11.6 Å². The summed E-state index contributed by atoms with van der Waals surface area (Å²) in [7, 11) is 0.147. The predicted molar refractivity (Wildman–Crippen MR) is 99.7 cm³/mol. The lowest BCUT2D eigenvalue weighted by atomic mass is 10.1. The number of esters is 1. The molecule has 10 nitrogen and oxygen atoms in total. The van der Waals surface area contributed by atoms with Crippen molar-refractivity contribution >= 4 is 33.3 Å². The lowest BCUT2D eigenvalue weighted by Crippen LogP contribution is -2.22. The van der Waals surface area contributed by atoms with Gasteiger partial charge in [0, 0.05) is 37.5 Å². The topological polar surface area (TPSA) is 136 Å². The third-order valence-corrected chi connectivity index (χ3v) is 5.49. The van der Waals surface area contributed by atoms with E-state index in [0.717, 1.165) is 29.6 Å². The lowest BCUT2D eigenvalue weighted by molar-refractivity contribution is -0.384. The number of nitrogens with zero attached hydrogens (tertiary/aromatic N) is 2. The molecule has 1 amide bonds. The Morgan fingerprint density at radius 2 is 1.75 bits per heavy atom. The standard InChI is InChI=1S/C17H17N3O7S/c1-19(2)28(25,26)15-6-4-5-13(10-15)18-16(21)11-7-12(17(22)27-3)9-14(8-11)20(23)24/h4-10H,1-3H3,(H,18,21). The molecule has 0 fully saturated rings. The second-order valence-corrected chi connectivity index (χ2v) is 7.94. The van der Waals surface area contributed by atoms with E-state index in [-0.39, 0.29) is 21.7 Å². The Labute approximate surface area is 160 Å². The van der Waals surface area contributed by atoms with E-state index in [2.05, 4.69) is 10.1 Å². The first-order valence-electron chi connectivity index (χ1n) is 7.78. The Balaban J connectivity index is 2.39. The second kappa shape index (κ2) is 8.15. The number of nitrogens with one attached hydrogen (secondary N) is 1. The summed E-state index contributed by atoms with van der Waals surface area (Å²) in [6.07, 6.45) is 0. The van der Waals surface area contributed by atoms with Crippen LogP contribution in [0.4, 0.5) is 11.4 Å². The number of hydrogen-bond acceptors (Lipinski definition) is 7. The van der Waals surface area contributed by atoms with Crippen molar-refractivity contribution in [2.24, 2.45) is 0 Å². The van der Waals surface area contributed by atoms with Crippen molar-refractivity contribution in [3.63, 3.8) is 0 Å². The molecule has 0 unspecified atom stereocenters. The van der Waals surface area contributed by atoms with Gasteiger partial charge < -0.3 is 10.1 Å². The van der Waals surface area contributed by atoms with Crippen LogP contribution < -0.4 is 5.32 Å². The number of anilines is 1. The smallest absolute Gasteiger partial charge is 0.338 e. The highest BCUT2D eigenvalue weighted by Crippen LogP contribution is 2.21. The van der Waals surface area contributed by atoms with Crippen LogP contribution in [-0.4, -0.2) is 50.7 Å². The molecule has 28 heavy (non-hydrogen) atoms. The maximum absolute atomic E-state index is 12.5. The molecule has 2 rings (SSSR count). The monoisotopic (exact) mass is 407 g/mol. The van der Waals surface area contributed by atoms with E-state index in [0.29, 0.717) is 0 Å². The summed E-state index contributed by atoms with van der Waals surface area (Å²) >= 11 is 0. The molecule has 0 aliphatic heterocycles. The van der Waals surface area contributed by atoms with Gasteiger partial charge in [-0.25, -0.2) is 17.5 Å². The number of ether oxygens (including phenoxy) is 1. The van der Waals surface area contributed by atoms with Gasteiger partial charge in [0.2, 0.25) is 10.0 Å². The minimum atomic E-state index is -3.71. The van der Waals surface area contributed by atoms with Crippen molar-refractivity contribution in [2.75, 3.05) is 26.5 Å². The Bertz CT molecular complexity index is 1050. The fourth-order valence-corrected chi connectivity index (χ4v) is 3.18. The molecule has 0 aromatic heterocycles. The van der Waals surface area contributed by atoms with Crippen LogP contribution in [-0.2, 0) is 14.8 Å². The van der Waals surface area contributed by atoms with Crippen molar-refractivity contribution < 1.29 is 27.7 Å². The first-order valence-corrected chi connectivity index (χ1v) is 9.22. The average Bonchev–Trinajstić information content (AvgIpc) is 2.66. The number of carbonyl (C=O) groups is 2. The van der Waals surface area contributed by atoms with Crippen LogP contribution in [0.5, 0.6) is 0 Å². The van der Waals surface area contributed by atoms with Crippen LogP contribution >= 0.6 is 0 Å². The third-order valence-electron chi connectivity index (χ3n) is 3.68. The lowest BCUT2D eigenvalue weighted by Gasteiger charge is -2.13. The van der Waals surface area contributed by atoms with Gasteiger partial charge in [-0.15, -0.1) is 0 Å². The van der Waals surface area contributed by atoms with Crippen molar-refractivity contribution in [1.29, 1.82) is 0 Å². The minimum Gasteiger partial charge on any atom is -0.465 e. The molecular weight excluding hydrogens is 390 g/mol. The minimum absolute atomic E-state index is 0.0374. The summed E-state index contributed by atoms with van der Waals surface area (Å²) in [5.74, 6) is -1.59. The van der Waals surface area contributed by atoms with Crippen LogP contribution in [0.15, 0.2) is 47.4 Å². The molecule has 148 valence electrons. The van der Waals surface area contributed by atoms with Crippen molar-refractivity contribution in [3.05, 3.63) is 63.7 Å².